The first-order valence-electron chi connectivity index (χ1n) is 5.41. The number of ether oxygens (including phenoxy) is 1. The van der Waals surface area contributed by atoms with E-state index in [4.69, 9.17) is 9.84 Å². The topological polar surface area (TPSA) is 75.6 Å². The summed E-state index contributed by atoms with van der Waals surface area (Å²) in [5, 5.41) is 13.4. The fraction of sp³-hybridized carbons (Fsp3) is 0.500. The molecule has 0 aromatic carbocycles. The number of hydrogen-bond acceptors (Lipinski definition) is 4. The lowest BCUT2D eigenvalue weighted by Gasteiger charge is -2.25. The number of nitrogens with one attached hydrogen (secondary N) is 1. The number of aliphatic carboxylic acids is 1. The standard InChI is InChI=1S/C12H17NO4S/c1-7-8(2)18-5-9(7)10(14)13-12(3,6-17-4)11(15)16/h5H,6H2,1-4H3,(H,13,14)(H,15,16). The monoisotopic (exact) mass is 271 g/mol. The predicted molar refractivity (Wildman–Crippen MR) is 69.2 cm³/mol. The number of amides is 1. The first-order chi connectivity index (χ1) is 8.31. The van der Waals surface area contributed by atoms with Gasteiger partial charge in [0.15, 0.2) is 5.54 Å². The highest BCUT2D eigenvalue weighted by Crippen LogP contribution is 2.21. The van der Waals surface area contributed by atoms with Crippen LogP contribution in [0.3, 0.4) is 0 Å². The van der Waals surface area contributed by atoms with Crippen molar-refractivity contribution in [2.75, 3.05) is 13.7 Å². The van der Waals surface area contributed by atoms with Gasteiger partial charge in [-0.15, -0.1) is 11.3 Å². The average molecular weight is 271 g/mol. The minimum atomic E-state index is -1.42. The largest absolute Gasteiger partial charge is 0.479 e. The van der Waals surface area contributed by atoms with Gasteiger partial charge >= 0.3 is 5.97 Å². The van der Waals surface area contributed by atoms with Crippen molar-refractivity contribution in [3.63, 3.8) is 0 Å². The molecule has 0 aliphatic rings. The van der Waals surface area contributed by atoms with Crippen LogP contribution >= 0.6 is 11.3 Å². The van der Waals surface area contributed by atoms with E-state index < -0.39 is 11.5 Å². The van der Waals surface area contributed by atoms with Gasteiger partial charge in [-0.25, -0.2) is 4.79 Å². The number of hydrogen-bond donors (Lipinski definition) is 2. The third-order valence-electron chi connectivity index (χ3n) is 2.82. The minimum absolute atomic E-state index is 0.0871. The predicted octanol–water partition coefficient (Wildman–Crippen LogP) is 1.58. The van der Waals surface area contributed by atoms with E-state index in [2.05, 4.69) is 5.32 Å². The lowest BCUT2D eigenvalue weighted by Crippen LogP contribution is -2.55. The third-order valence-corrected chi connectivity index (χ3v) is 3.84. The quantitative estimate of drug-likeness (QED) is 0.852. The highest BCUT2D eigenvalue weighted by molar-refractivity contribution is 7.10. The van der Waals surface area contributed by atoms with E-state index in [0.29, 0.717) is 5.56 Å². The zero-order valence-electron chi connectivity index (χ0n) is 10.9. The molecule has 5 nitrogen and oxygen atoms in total. The van der Waals surface area contributed by atoms with Crippen LogP contribution < -0.4 is 5.32 Å². The first-order valence-corrected chi connectivity index (χ1v) is 6.29. The number of thiophene rings is 1. The molecule has 1 unspecified atom stereocenters. The van der Waals surface area contributed by atoms with Crippen LogP contribution in [-0.2, 0) is 9.53 Å². The van der Waals surface area contributed by atoms with Crippen LogP contribution in [0.25, 0.3) is 0 Å². The van der Waals surface area contributed by atoms with Crippen molar-refractivity contribution in [2.24, 2.45) is 0 Å². The van der Waals surface area contributed by atoms with E-state index in [1.54, 1.807) is 5.38 Å². The van der Waals surface area contributed by atoms with Gasteiger partial charge in [0.25, 0.3) is 5.91 Å². The smallest absolute Gasteiger partial charge is 0.331 e. The van der Waals surface area contributed by atoms with Gasteiger partial charge in [-0.3, -0.25) is 4.79 Å². The summed E-state index contributed by atoms with van der Waals surface area (Å²) in [5.74, 6) is -1.51. The molecule has 18 heavy (non-hydrogen) atoms. The number of carboxylic acids is 1. The Kier molecular flexibility index (Phi) is 4.48. The fourth-order valence-corrected chi connectivity index (χ4v) is 2.36. The number of rotatable bonds is 5. The Bertz CT molecular complexity index is 469. The molecule has 1 rings (SSSR count). The Morgan fingerprint density at radius 2 is 2.11 bits per heavy atom. The average Bonchev–Trinajstić information content (AvgIpc) is 2.59. The van der Waals surface area contributed by atoms with Gasteiger partial charge in [0.1, 0.15) is 0 Å². The molecule has 1 atom stereocenters. The molecule has 0 spiro atoms. The van der Waals surface area contributed by atoms with Crippen LogP contribution in [-0.4, -0.2) is 36.2 Å². The summed E-state index contributed by atoms with van der Waals surface area (Å²) in [6.45, 7) is 5.10. The Hall–Kier alpha value is -1.40. The number of carboxylic acid groups (broad SMARTS) is 1. The zero-order chi connectivity index (χ0) is 13.9. The maximum Gasteiger partial charge on any atom is 0.331 e. The van der Waals surface area contributed by atoms with Gasteiger partial charge in [0, 0.05) is 17.4 Å². The van der Waals surface area contributed by atoms with E-state index in [1.165, 1.54) is 25.4 Å². The van der Waals surface area contributed by atoms with Crippen molar-refractivity contribution >= 4 is 23.2 Å². The van der Waals surface area contributed by atoms with Crippen LogP contribution in [0.15, 0.2) is 5.38 Å². The van der Waals surface area contributed by atoms with E-state index in [9.17, 15) is 9.59 Å². The van der Waals surface area contributed by atoms with Crippen LogP contribution in [0, 0.1) is 13.8 Å². The van der Waals surface area contributed by atoms with Crippen LogP contribution in [0.1, 0.15) is 27.7 Å². The summed E-state index contributed by atoms with van der Waals surface area (Å²) in [6.07, 6.45) is 0. The molecular formula is C12H17NO4S. The lowest BCUT2D eigenvalue weighted by molar-refractivity contribution is -0.145. The summed E-state index contributed by atoms with van der Waals surface area (Å²) in [6, 6.07) is 0. The Labute approximate surface area is 110 Å². The van der Waals surface area contributed by atoms with Gasteiger partial charge in [-0.1, -0.05) is 0 Å². The summed E-state index contributed by atoms with van der Waals surface area (Å²) in [5.41, 5.74) is -0.0302. The van der Waals surface area contributed by atoms with Crippen LogP contribution in [0.4, 0.5) is 0 Å². The highest BCUT2D eigenvalue weighted by atomic mass is 32.1. The highest BCUT2D eigenvalue weighted by Gasteiger charge is 2.35. The maximum absolute atomic E-state index is 12.1. The maximum atomic E-state index is 12.1. The summed E-state index contributed by atoms with van der Waals surface area (Å²) < 4.78 is 4.85. The molecule has 6 heteroatoms. The Balaban J connectivity index is 2.92. The molecule has 1 amide bonds. The second-order valence-corrected chi connectivity index (χ2v) is 5.44. The molecule has 2 N–H and O–H groups in total. The van der Waals surface area contributed by atoms with Gasteiger partial charge < -0.3 is 15.2 Å². The first kappa shape index (κ1) is 14.7. The SMILES string of the molecule is COCC(C)(NC(=O)c1csc(C)c1C)C(=O)O. The molecule has 0 radical (unpaired) electrons. The second kappa shape index (κ2) is 5.49. The van der Waals surface area contributed by atoms with E-state index >= 15 is 0 Å². The number of carbonyl (C=O) groups is 2. The van der Waals surface area contributed by atoms with Crippen LogP contribution in [0.5, 0.6) is 0 Å². The molecule has 0 bridgehead atoms. The third kappa shape index (κ3) is 2.88. The number of methoxy groups -OCH3 is 1. The molecule has 0 fully saturated rings. The molecule has 1 aromatic rings. The van der Waals surface area contributed by atoms with Gasteiger partial charge in [-0.2, -0.15) is 0 Å². The van der Waals surface area contributed by atoms with Gasteiger partial charge in [0.2, 0.25) is 0 Å². The van der Waals surface area contributed by atoms with E-state index in [0.717, 1.165) is 10.4 Å². The van der Waals surface area contributed by atoms with Crippen molar-refractivity contribution in [1.82, 2.24) is 5.32 Å². The van der Waals surface area contributed by atoms with Gasteiger partial charge in [-0.05, 0) is 26.3 Å². The molecule has 1 aromatic heterocycles. The van der Waals surface area contributed by atoms with E-state index in [-0.39, 0.29) is 12.5 Å². The molecule has 0 aliphatic carbocycles. The van der Waals surface area contributed by atoms with Crippen LogP contribution in [0.2, 0.25) is 0 Å². The summed E-state index contributed by atoms with van der Waals surface area (Å²) >= 11 is 1.47. The lowest BCUT2D eigenvalue weighted by atomic mass is 10.0. The van der Waals surface area contributed by atoms with Crippen molar-refractivity contribution in [3.05, 3.63) is 21.4 Å². The second-order valence-electron chi connectivity index (χ2n) is 4.35. The fourth-order valence-electron chi connectivity index (χ4n) is 1.50. The van der Waals surface area contributed by atoms with E-state index in [1.807, 2.05) is 13.8 Å². The molecule has 0 saturated carbocycles. The zero-order valence-corrected chi connectivity index (χ0v) is 11.7. The number of aryl methyl sites for hydroxylation is 1. The summed E-state index contributed by atoms with van der Waals surface area (Å²) in [7, 11) is 1.40. The minimum Gasteiger partial charge on any atom is -0.479 e. The molecular weight excluding hydrogens is 254 g/mol. The molecule has 0 saturated heterocycles. The summed E-state index contributed by atoms with van der Waals surface area (Å²) in [4.78, 5) is 24.3. The Morgan fingerprint density at radius 3 is 2.50 bits per heavy atom. The normalized spacial score (nSPS) is 14.0. The molecule has 100 valence electrons. The van der Waals surface area contributed by atoms with Crippen molar-refractivity contribution in [2.45, 2.75) is 26.3 Å². The van der Waals surface area contributed by atoms with Crippen molar-refractivity contribution < 1.29 is 19.4 Å². The molecule has 1 heterocycles. The van der Waals surface area contributed by atoms with Crippen molar-refractivity contribution in [1.29, 1.82) is 0 Å². The molecule has 0 aliphatic heterocycles. The number of carbonyl (C=O) groups excluding carboxylic acids is 1. The van der Waals surface area contributed by atoms with Gasteiger partial charge in [0.05, 0.1) is 12.2 Å². The Morgan fingerprint density at radius 1 is 1.50 bits per heavy atom. The van der Waals surface area contributed by atoms with Crippen molar-refractivity contribution in [3.8, 4) is 0 Å².